The summed E-state index contributed by atoms with van der Waals surface area (Å²) in [5, 5.41) is 0. The second-order valence-electron chi connectivity index (χ2n) is 5.18. The molecule has 0 bridgehead atoms. The quantitative estimate of drug-likeness (QED) is 0.463. The maximum atomic E-state index is 3.33. The van der Waals surface area contributed by atoms with Gasteiger partial charge >= 0.3 is 0 Å². The maximum Gasteiger partial charge on any atom is 0.0197 e. The van der Waals surface area contributed by atoms with Crippen LogP contribution in [0.5, 0.6) is 0 Å². The zero-order valence-corrected chi connectivity index (χ0v) is 11.2. The molecule has 0 spiro atoms. The molecule has 0 aliphatic rings. The number of rotatable bonds is 4. The molecule has 0 radical (unpaired) electrons. The number of hydrogen-bond acceptors (Lipinski definition) is 0. The summed E-state index contributed by atoms with van der Waals surface area (Å²) < 4.78 is 0. The molecule has 0 aliphatic heterocycles. The fourth-order valence-electron chi connectivity index (χ4n) is 1.08. The van der Waals surface area contributed by atoms with Gasteiger partial charge in [-0.25, -0.2) is 0 Å². The van der Waals surface area contributed by atoms with Crippen LogP contribution in [0.3, 0.4) is 0 Å². The molecule has 86 valence electrons. The SMILES string of the molecule is CC(C)=CC[C@H](C)CC#C[C@H](C)C(C)C. The van der Waals surface area contributed by atoms with E-state index in [-0.39, 0.29) is 0 Å². The van der Waals surface area contributed by atoms with Crippen LogP contribution >= 0.6 is 0 Å². The van der Waals surface area contributed by atoms with Crippen molar-refractivity contribution >= 4 is 0 Å². The summed E-state index contributed by atoms with van der Waals surface area (Å²) in [5.74, 6) is 8.53. The summed E-state index contributed by atoms with van der Waals surface area (Å²) in [4.78, 5) is 0. The second-order valence-corrected chi connectivity index (χ2v) is 5.18. The van der Waals surface area contributed by atoms with E-state index in [0.29, 0.717) is 17.8 Å². The van der Waals surface area contributed by atoms with Crippen LogP contribution in [0, 0.1) is 29.6 Å². The molecule has 0 fully saturated rings. The van der Waals surface area contributed by atoms with E-state index in [4.69, 9.17) is 0 Å². The molecule has 0 amide bonds. The second kappa shape index (κ2) is 7.57. The van der Waals surface area contributed by atoms with Gasteiger partial charge in [-0.1, -0.05) is 45.3 Å². The Balaban J connectivity index is 3.89. The number of hydrogen-bond donors (Lipinski definition) is 0. The van der Waals surface area contributed by atoms with Crippen LogP contribution < -0.4 is 0 Å². The first-order valence-electron chi connectivity index (χ1n) is 6.05. The standard InChI is InChI=1S/C15H26/c1-12(2)10-11-14(5)8-7-9-15(6)13(3)4/h10,13-15H,8,11H2,1-6H3/t14-,15+/m1/s1. The minimum Gasteiger partial charge on any atom is -0.103 e. The molecule has 0 aromatic heterocycles. The number of allylic oxidation sites excluding steroid dienone is 2. The van der Waals surface area contributed by atoms with Gasteiger partial charge in [0.1, 0.15) is 0 Å². The molecule has 15 heavy (non-hydrogen) atoms. The first kappa shape index (κ1) is 14.3. The lowest BCUT2D eigenvalue weighted by atomic mass is 9.97. The van der Waals surface area contributed by atoms with E-state index >= 15 is 0 Å². The van der Waals surface area contributed by atoms with Crippen LogP contribution in [0.25, 0.3) is 0 Å². The predicted octanol–water partition coefficient (Wildman–Crippen LogP) is 4.66. The highest BCUT2D eigenvalue weighted by atomic mass is 14.1. The minimum absolute atomic E-state index is 0.528. The first-order chi connectivity index (χ1) is 6.93. The van der Waals surface area contributed by atoms with Gasteiger partial charge in [0.2, 0.25) is 0 Å². The Morgan fingerprint density at radius 2 is 1.73 bits per heavy atom. The zero-order chi connectivity index (χ0) is 11.8. The fraction of sp³-hybridized carbons (Fsp3) is 0.733. The van der Waals surface area contributed by atoms with Crippen molar-refractivity contribution in [1.29, 1.82) is 0 Å². The monoisotopic (exact) mass is 206 g/mol. The van der Waals surface area contributed by atoms with E-state index in [1.807, 2.05) is 0 Å². The van der Waals surface area contributed by atoms with Crippen molar-refractivity contribution in [3.05, 3.63) is 11.6 Å². The maximum absolute atomic E-state index is 3.33. The van der Waals surface area contributed by atoms with Crippen LogP contribution in [0.4, 0.5) is 0 Å². The van der Waals surface area contributed by atoms with E-state index in [0.717, 1.165) is 12.8 Å². The molecule has 0 nitrogen and oxygen atoms in total. The summed E-state index contributed by atoms with van der Waals surface area (Å²) in [6.45, 7) is 13.2. The Morgan fingerprint density at radius 3 is 2.20 bits per heavy atom. The van der Waals surface area contributed by atoms with Gasteiger partial charge in [0.05, 0.1) is 0 Å². The van der Waals surface area contributed by atoms with E-state index in [9.17, 15) is 0 Å². The average Bonchev–Trinajstić information content (AvgIpc) is 2.14. The van der Waals surface area contributed by atoms with Gasteiger partial charge in [-0.3, -0.25) is 0 Å². The molecular formula is C15H26. The highest BCUT2D eigenvalue weighted by Crippen LogP contribution is 2.11. The van der Waals surface area contributed by atoms with Gasteiger partial charge in [0.15, 0.2) is 0 Å². The van der Waals surface area contributed by atoms with E-state index in [1.165, 1.54) is 5.57 Å². The molecule has 2 atom stereocenters. The Bertz CT molecular complexity index is 243. The van der Waals surface area contributed by atoms with Crippen molar-refractivity contribution in [1.82, 2.24) is 0 Å². The van der Waals surface area contributed by atoms with Crippen molar-refractivity contribution in [3.8, 4) is 11.8 Å². The van der Waals surface area contributed by atoms with Crippen LogP contribution in [0.15, 0.2) is 11.6 Å². The van der Waals surface area contributed by atoms with Crippen LogP contribution in [0.1, 0.15) is 54.4 Å². The largest absolute Gasteiger partial charge is 0.103 e. The van der Waals surface area contributed by atoms with Gasteiger partial charge in [0.25, 0.3) is 0 Å². The molecule has 0 aliphatic carbocycles. The lowest BCUT2D eigenvalue weighted by Gasteiger charge is -2.07. The summed E-state index contributed by atoms with van der Waals surface area (Å²) in [6, 6.07) is 0. The van der Waals surface area contributed by atoms with Crippen molar-refractivity contribution in [2.75, 3.05) is 0 Å². The van der Waals surface area contributed by atoms with Crippen LogP contribution in [-0.4, -0.2) is 0 Å². The zero-order valence-electron chi connectivity index (χ0n) is 11.2. The Morgan fingerprint density at radius 1 is 1.13 bits per heavy atom. The Kier molecular flexibility index (Phi) is 7.22. The predicted molar refractivity (Wildman–Crippen MR) is 69.6 cm³/mol. The molecule has 0 saturated heterocycles. The lowest BCUT2D eigenvalue weighted by Crippen LogP contribution is -2.00. The van der Waals surface area contributed by atoms with Gasteiger partial charge in [-0.15, -0.1) is 5.92 Å². The van der Waals surface area contributed by atoms with Crippen molar-refractivity contribution < 1.29 is 0 Å². The van der Waals surface area contributed by atoms with Gasteiger partial charge in [-0.2, -0.15) is 0 Å². The third kappa shape index (κ3) is 8.30. The molecule has 0 N–H and O–H groups in total. The highest BCUT2D eigenvalue weighted by Gasteiger charge is 2.02. The third-order valence-corrected chi connectivity index (χ3v) is 2.71. The minimum atomic E-state index is 0.528. The molecule has 0 saturated carbocycles. The summed E-state index contributed by atoms with van der Waals surface area (Å²) in [7, 11) is 0. The van der Waals surface area contributed by atoms with Gasteiger partial charge in [-0.05, 0) is 32.1 Å². The molecule has 0 rings (SSSR count). The van der Waals surface area contributed by atoms with Crippen molar-refractivity contribution in [2.45, 2.75) is 54.4 Å². The molecule has 0 unspecified atom stereocenters. The van der Waals surface area contributed by atoms with E-state index < -0.39 is 0 Å². The summed E-state index contributed by atoms with van der Waals surface area (Å²) in [6.07, 6.45) is 4.49. The Labute approximate surface area is 96.2 Å². The van der Waals surface area contributed by atoms with Crippen molar-refractivity contribution in [3.63, 3.8) is 0 Å². The van der Waals surface area contributed by atoms with E-state index in [2.05, 4.69) is 59.5 Å². The smallest absolute Gasteiger partial charge is 0.0197 e. The Hall–Kier alpha value is -0.700. The van der Waals surface area contributed by atoms with Gasteiger partial charge in [0, 0.05) is 12.3 Å². The summed E-state index contributed by atoms with van der Waals surface area (Å²) >= 11 is 0. The van der Waals surface area contributed by atoms with E-state index in [1.54, 1.807) is 0 Å². The van der Waals surface area contributed by atoms with Crippen LogP contribution in [-0.2, 0) is 0 Å². The fourth-order valence-corrected chi connectivity index (χ4v) is 1.08. The molecule has 0 aromatic rings. The first-order valence-corrected chi connectivity index (χ1v) is 6.05. The molecule has 0 aromatic carbocycles. The topological polar surface area (TPSA) is 0 Å². The highest BCUT2D eigenvalue weighted by molar-refractivity contribution is 5.04. The van der Waals surface area contributed by atoms with Crippen molar-refractivity contribution in [2.24, 2.45) is 17.8 Å². The third-order valence-electron chi connectivity index (χ3n) is 2.71. The van der Waals surface area contributed by atoms with Crippen LogP contribution in [0.2, 0.25) is 0 Å². The molecule has 0 heterocycles. The summed E-state index contributed by atoms with van der Waals surface area (Å²) in [5.41, 5.74) is 1.41. The lowest BCUT2D eigenvalue weighted by molar-refractivity contribution is 0.518. The molecular weight excluding hydrogens is 180 g/mol. The average molecular weight is 206 g/mol. The normalized spacial score (nSPS) is 14.1. The molecule has 0 heteroatoms. The van der Waals surface area contributed by atoms with Gasteiger partial charge < -0.3 is 0 Å².